The first kappa shape index (κ1) is 20.0. The maximum atomic E-state index is 12.1. The van der Waals surface area contributed by atoms with Gasteiger partial charge >= 0.3 is 0 Å². The summed E-state index contributed by atoms with van der Waals surface area (Å²) in [6.07, 6.45) is 9.70. The van der Waals surface area contributed by atoms with Crippen LogP contribution in [0.4, 0.5) is 0 Å². The first-order valence-electron chi connectivity index (χ1n) is 9.95. The molecule has 0 aromatic carbocycles. The molecular weight excluding hydrogens is 352 g/mol. The third-order valence-electron chi connectivity index (χ3n) is 5.40. The Morgan fingerprint density at radius 1 is 1.11 bits per heavy atom. The third-order valence-corrected chi connectivity index (χ3v) is 5.40. The van der Waals surface area contributed by atoms with Crippen LogP contribution in [0.25, 0.3) is 0 Å². The van der Waals surface area contributed by atoms with Crippen molar-refractivity contribution < 1.29 is 9.59 Å². The van der Waals surface area contributed by atoms with E-state index in [9.17, 15) is 9.59 Å². The van der Waals surface area contributed by atoms with E-state index in [0.717, 1.165) is 36.9 Å². The van der Waals surface area contributed by atoms with Gasteiger partial charge in [-0.2, -0.15) is 0 Å². The predicted octanol–water partition coefficient (Wildman–Crippen LogP) is 2.82. The van der Waals surface area contributed by atoms with Crippen molar-refractivity contribution in [2.24, 2.45) is 11.8 Å². The number of hydrogen-bond acceptors (Lipinski definition) is 4. The number of rotatable bonds is 7. The zero-order chi connectivity index (χ0) is 19.8. The fourth-order valence-electron chi connectivity index (χ4n) is 3.95. The molecule has 1 aliphatic carbocycles. The van der Waals surface area contributed by atoms with E-state index in [2.05, 4.69) is 20.6 Å². The highest BCUT2D eigenvalue weighted by Crippen LogP contribution is 2.36. The molecule has 2 heterocycles. The van der Waals surface area contributed by atoms with E-state index in [1.807, 2.05) is 30.3 Å². The Hall–Kier alpha value is -2.76. The smallest absolute Gasteiger partial charge is 0.224 e. The van der Waals surface area contributed by atoms with Gasteiger partial charge < -0.3 is 10.6 Å². The van der Waals surface area contributed by atoms with Crippen molar-refractivity contribution in [3.63, 3.8) is 0 Å². The van der Waals surface area contributed by atoms with Gasteiger partial charge in [0.2, 0.25) is 11.8 Å². The van der Waals surface area contributed by atoms with Crippen LogP contribution in [-0.2, 0) is 16.0 Å². The van der Waals surface area contributed by atoms with E-state index < -0.39 is 0 Å². The van der Waals surface area contributed by atoms with Crippen LogP contribution in [0.15, 0.2) is 48.9 Å². The van der Waals surface area contributed by atoms with Crippen molar-refractivity contribution in [3.8, 4) is 0 Å². The molecule has 6 heteroatoms. The monoisotopic (exact) mass is 380 g/mol. The molecule has 1 saturated carbocycles. The molecule has 0 spiro atoms. The average molecular weight is 380 g/mol. The predicted molar refractivity (Wildman–Crippen MR) is 107 cm³/mol. The number of amides is 2. The van der Waals surface area contributed by atoms with Gasteiger partial charge in [0.25, 0.3) is 0 Å². The SMILES string of the molecule is CC(=O)NC(c1ccccn1)C1CCC(CNC(=O)Cc2cccnc2)CC1. The van der Waals surface area contributed by atoms with Gasteiger partial charge in [0.05, 0.1) is 18.2 Å². The molecular formula is C22H28N4O2. The minimum atomic E-state index is -0.0418. The molecule has 0 saturated heterocycles. The maximum absolute atomic E-state index is 12.1. The summed E-state index contributed by atoms with van der Waals surface area (Å²) < 4.78 is 0. The van der Waals surface area contributed by atoms with Gasteiger partial charge in [-0.1, -0.05) is 12.1 Å². The Bertz CT molecular complexity index is 759. The van der Waals surface area contributed by atoms with E-state index >= 15 is 0 Å². The van der Waals surface area contributed by atoms with Crippen LogP contribution in [0, 0.1) is 11.8 Å². The van der Waals surface area contributed by atoms with Gasteiger partial charge in [-0.25, -0.2) is 0 Å². The van der Waals surface area contributed by atoms with E-state index in [-0.39, 0.29) is 17.9 Å². The number of aromatic nitrogens is 2. The highest BCUT2D eigenvalue weighted by molar-refractivity contribution is 5.78. The molecule has 1 aliphatic rings. The lowest BCUT2D eigenvalue weighted by Gasteiger charge is -2.34. The van der Waals surface area contributed by atoms with E-state index in [1.165, 1.54) is 0 Å². The minimum Gasteiger partial charge on any atom is -0.356 e. The Balaban J connectivity index is 1.47. The van der Waals surface area contributed by atoms with Crippen LogP contribution in [0.3, 0.4) is 0 Å². The molecule has 6 nitrogen and oxygen atoms in total. The van der Waals surface area contributed by atoms with Crippen molar-refractivity contribution in [2.75, 3.05) is 6.54 Å². The van der Waals surface area contributed by atoms with Crippen LogP contribution in [-0.4, -0.2) is 28.3 Å². The zero-order valence-corrected chi connectivity index (χ0v) is 16.3. The Morgan fingerprint density at radius 2 is 1.93 bits per heavy atom. The summed E-state index contributed by atoms with van der Waals surface area (Å²) in [6.45, 7) is 2.26. The van der Waals surface area contributed by atoms with Gasteiger partial charge in [-0.3, -0.25) is 19.6 Å². The zero-order valence-electron chi connectivity index (χ0n) is 16.3. The van der Waals surface area contributed by atoms with Gasteiger partial charge in [0.1, 0.15) is 0 Å². The lowest BCUT2D eigenvalue weighted by molar-refractivity contribution is -0.121. The fourth-order valence-corrected chi connectivity index (χ4v) is 3.95. The molecule has 2 aromatic rings. The standard InChI is InChI=1S/C22H28N4O2/c1-16(27)26-22(20-6-2-3-12-24-20)19-9-7-17(8-10-19)15-25-21(28)13-18-5-4-11-23-14-18/h2-6,11-12,14,17,19,22H,7-10,13,15H2,1H3,(H,25,28)(H,26,27). The highest BCUT2D eigenvalue weighted by Gasteiger charge is 2.30. The molecule has 2 amide bonds. The Kier molecular flexibility index (Phi) is 7.12. The van der Waals surface area contributed by atoms with Crippen LogP contribution < -0.4 is 10.6 Å². The summed E-state index contributed by atoms with van der Waals surface area (Å²) in [6, 6.07) is 9.54. The topological polar surface area (TPSA) is 84.0 Å². The molecule has 1 atom stereocenters. The van der Waals surface area contributed by atoms with E-state index in [0.29, 0.717) is 24.8 Å². The minimum absolute atomic E-state index is 0.0274. The summed E-state index contributed by atoms with van der Waals surface area (Å²) >= 11 is 0. The van der Waals surface area contributed by atoms with Crippen LogP contribution >= 0.6 is 0 Å². The lowest BCUT2D eigenvalue weighted by atomic mass is 9.77. The number of pyridine rings is 2. The summed E-state index contributed by atoms with van der Waals surface area (Å²) in [4.78, 5) is 32.3. The number of carbonyl (C=O) groups excluding carboxylic acids is 2. The maximum Gasteiger partial charge on any atom is 0.224 e. The molecule has 1 fully saturated rings. The second-order valence-corrected chi connectivity index (χ2v) is 7.56. The van der Waals surface area contributed by atoms with Crippen molar-refractivity contribution in [1.82, 2.24) is 20.6 Å². The Labute approximate surface area is 166 Å². The first-order valence-corrected chi connectivity index (χ1v) is 9.95. The molecule has 0 radical (unpaired) electrons. The second kappa shape index (κ2) is 9.97. The highest BCUT2D eigenvalue weighted by atomic mass is 16.2. The molecule has 148 valence electrons. The van der Waals surface area contributed by atoms with Gasteiger partial charge in [-0.15, -0.1) is 0 Å². The van der Waals surface area contributed by atoms with E-state index in [1.54, 1.807) is 25.5 Å². The van der Waals surface area contributed by atoms with Crippen molar-refractivity contribution in [1.29, 1.82) is 0 Å². The summed E-state index contributed by atoms with van der Waals surface area (Å²) in [5.74, 6) is 0.872. The average Bonchev–Trinajstić information content (AvgIpc) is 2.72. The molecule has 3 rings (SSSR count). The number of nitrogens with zero attached hydrogens (tertiary/aromatic N) is 2. The fraction of sp³-hybridized carbons (Fsp3) is 0.455. The summed E-state index contributed by atoms with van der Waals surface area (Å²) in [7, 11) is 0. The van der Waals surface area contributed by atoms with Crippen molar-refractivity contribution >= 4 is 11.8 Å². The number of hydrogen-bond donors (Lipinski definition) is 2. The normalized spacial score (nSPS) is 20.2. The van der Waals surface area contributed by atoms with Crippen LogP contribution in [0.1, 0.15) is 49.9 Å². The van der Waals surface area contributed by atoms with Crippen LogP contribution in [0.2, 0.25) is 0 Å². The first-order chi connectivity index (χ1) is 13.6. The number of carbonyl (C=O) groups is 2. The van der Waals surface area contributed by atoms with Crippen LogP contribution in [0.5, 0.6) is 0 Å². The molecule has 2 N–H and O–H groups in total. The van der Waals surface area contributed by atoms with Gasteiger partial charge in [0, 0.05) is 32.1 Å². The third kappa shape index (κ3) is 5.87. The Morgan fingerprint density at radius 3 is 2.57 bits per heavy atom. The molecule has 2 aromatic heterocycles. The largest absolute Gasteiger partial charge is 0.356 e. The molecule has 0 bridgehead atoms. The quantitative estimate of drug-likeness (QED) is 0.774. The van der Waals surface area contributed by atoms with E-state index in [4.69, 9.17) is 0 Å². The van der Waals surface area contributed by atoms with Crippen molar-refractivity contribution in [3.05, 3.63) is 60.2 Å². The van der Waals surface area contributed by atoms with Gasteiger partial charge in [0.15, 0.2) is 0 Å². The van der Waals surface area contributed by atoms with Gasteiger partial charge in [-0.05, 0) is 61.3 Å². The molecule has 1 unspecified atom stereocenters. The lowest BCUT2D eigenvalue weighted by Crippen LogP contribution is -2.36. The molecule has 0 aliphatic heterocycles. The second-order valence-electron chi connectivity index (χ2n) is 7.56. The summed E-state index contributed by atoms with van der Waals surface area (Å²) in [5, 5.41) is 6.14. The summed E-state index contributed by atoms with van der Waals surface area (Å²) in [5.41, 5.74) is 1.85. The molecule has 28 heavy (non-hydrogen) atoms. The van der Waals surface area contributed by atoms with Crippen molar-refractivity contribution in [2.45, 2.75) is 45.1 Å². The number of nitrogens with one attached hydrogen (secondary N) is 2.